The van der Waals surface area contributed by atoms with Crippen LogP contribution in [0.15, 0.2) is 23.8 Å². The van der Waals surface area contributed by atoms with Gasteiger partial charge in [0.1, 0.15) is 5.82 Å². The predicted octanol–water partition coefficient (Wildman–Crippen LogP) is 1.74. The topological polar surface area (TPSA) is 49.6 Å². The number of rotatable bonds is 2. The van der Waals surface area contributed by atoms with Crippen molar-refractivity contribution < 1.29 is 0 Å². The molecule has 6 nitrogen and oxygen atoms in total. The third-order valence-electron chi connectivity index (χ3n) is 4.99. The lowest BCUT2D eigenvalue weighted by Crippen LogP contribution is -2.60. The molecule has 0 unspecified atom stereocenters. The average molecular weight is 326 g/mol. The molecule has 1 fully saturated rings. The van der Waals surface area contributed by atoms with E-state index in [1.807, 2.05) is 35.1 Å². The second kappa shape index (κ2) is 5.01. The van der Waals surface area contributed by atoms with Crippen molar-refractivity contribution >= 4 is 22.8 Å². The summed E-state index contributed by atoms with van der Waals surface area (Å²) in [6.07, 6.45) is 4.96. The summed E-state index contributed by atoms with van der Waals surface area (Å²) in [4.78, 5) is 11.0. The van der Waals surface area contributed by atoms with Crippen molar-refractivity contribution in [2.45, 2.75) is 25.9 Å². The van der Waals surface area contributed by atoms with Crippen LogP contribution in [0.4, 0.5) is 5.82 Å². The number of thiophene rings is 1. The third-order valence-corrected chi connectivity index (χ3v) is 6.02. The first-order valence-electron chi connectivity index (χ1n) is 8.00. The molecule has 5 heterocycles. The van der Waals surface area contributed by atoms with Crippen LogP contribution in [0.3, 0.4) is 0 Å². The minimum atomic E-state index is 0.620. The van der Waals surface area contributed by atoms with E-state index in [9.17, 15) is 0 Å². The zero-order chi connectivity index (χ0) is 15.4. The van der Waals surface area contributed by atoms with Gasteiger partial charge in [0, 0.05) is 49.5 Å². The Labute approximate surface area is 138 Å². The van der Waals surface area contributed by atoms with E-state index in [0.717, 1.165) is 36.9 Å². The Balaban J connectivity index is 1.33. The van der Waals surface area contributed by atoms with Gasteiger partial charge in [0.05, 0.1) is 0 Å². The van der Waals surface area contributed by atoms with E-state index in [4.69, 9.17) is 0 Å². The molecular weight excluding hydrogens is 308 g/mol. The number of hydrogen-bond acceptors (Lipinski definition) is 6. The summed E-state index contributed by atoms with van der Waals surface area (Å²) >= 11 is 1.90. The van der Waals surface area contributed by atoms with Gasteiger partial charge < -0.3 is 4.90 Å². The lowest BCUT2D eigenvalue weighted by Gasteiger charge is -2.47. The summed E-state index contributed by atoms with van der Waals surface area (Å²) < 4.78 is 2.01. The predicted molar refractivity (Wildman–Crippen MR) is 90.0 cm³/mol. The fourth-order valence-electron chi connectivity index (χ4n) is 3.59. The molecule has 0 radical (unpaired) electrons. The summed E-state index contributed by atoms with van der Waals surface area (Å²) in [5.74, 6) is 1.86. The fraction of sp³-hybridized carbons (Fsp3) is 0.438. The van der Waals surface area contributed by atoms with Crippen molar-refractivity contribution in [3.8, 4) is 0 Å². The molecule has 0 aliphatic carbocycles. The molecule has 5 rings (SSSR count). The SMILES string of the molecule is Cc1nnc2c(N3CC(N4CCc5sccc5C4)C3)nccn12. The van der Waals surface area contributed by atoms with Crippen molar-refractivity contribution in [2.24, 2.45) is 0 Å². The first-order chi connectivity index (χ1) is 11.3. The molecular formula is C16H18N6S. The summed E-state index contributed by atoms with van der Waals surface area (Å²) in [6, 6.07) is 2.90. The van der Waals surface area contributed by atoms with E-state index >= 15 is 0 Å². The monoisotopic (exact) mass is 326 g/mol. The van der Waals surface area contributed by atoms with Crippen LogP contribution in [-0.2, 0) is 13.0 Å². The molecule has 0 N–H and O–H groups in total. The van der Waals surface area contributed by atoms with Gasteiger partial charge in [-0.15, -0.1) is 21.5 Å². The molecule has 0 saturated carbocycles. The van der Waals surface area contributed by atoms with Gasteiger partial charge in [-0.1, -0.05) is 0 Å². The van der Waals surface area contributed by atoms with Crippen LogP contribution in [0, 0.1) is 6.92 Å². The highest BCUT2D eigenvalue weighted by atomic mass is 32.1. The molecule has 23 heavy (non-hydrogen) atoms. The molecule has 2 aliphatic heterocycles. The molecule has 118 valence electrons. The van der Waals surface area contributed by atoms with E-state index in [-0.39, 0.29) is 0 Å². The van der Waals surface area contributed by atoms with Crippen molar-refractivity contribution in [1.29, 1.82) is 0 Å². The number of nitrogens with zero attached hydrogens (tertiary/aromatic N) is 6. The second-order valence-corrected chi connectivity index (χ2v) is 7.34. The molecule has 1 saturated heterocycles. The molecule has 7 heteroatoms. The lowest BCUT2D eigenvalue weighted by molar-refractivity contribution is 0.151. The zero-order valence-corrected chi connectivity index (χ0v) is 13.8. The molecule has 3 aromatic heterocycles. The smallest absolute Gasteiger partial charge is 0.203 e. The molecule has 0 amide bonds. The molecule has 0 atom stereocenters. The van der Waals surface area contributed by atoms with Gasteiger partial charge in [-0.3, -0.25) is 9.30 Å². The zero-order valence-electron chi connectivity index (χ0n) is 13.0. The maximum Gasteiger partial charge on any atom is 0.203 e. The van der Waals surface area contributed by atoms with Crippen LogP contribution < -0.4 is 4.90 Å². The Hall–Kier alpha value is -1.99. The Morgan fingerprint density at radius 3 is 3.09 bits per heavy atom. The highest BCUT2D eigenvalue weighted by Gasteiger charge is 2.35. The van der Waals surface area contributed by atoms with E-state index in [2.05, 4.69) is 36.4 Å². The lowest BCUT2D eigenvalue weighted by atomic mass is 10.0. The number of hydrogen-bond donors (Lipinski definition) is 0. The summed E-state index contributed by atoms with van der Waals surface area (Å²) in [6.45, 7) is 6.29. The summed E-state index contributed by atoms with van der Waals surface area (Å²) in [7, 11) is 0. The quantitative estimate of drug-likeness (QED) is 0.718. The van der Waals surface area contributed by atoms with E-state index in [1.54, 1.807) is 4.88 Å². The second-order valence-electron chi connectivity index (χ2n) is 6.34. The molecule has 0 aromatic carbocycles. The maximum atomic E-state index is 4.54. The van der Waals surface area contributed by atoms with Crippen LogP contribution in [0.1, 0.15) is 16.3 Å². The van der Waals surface area contributed by atoms with Crippen molar-refractivity contribution in [3.05, 3.63) is 40.1 Å². The van der Waals surface area contributed by atoms with Crippen molar-refractivity contribution in [2.75, 3.05) is 24.5 Å². The van der Waals surface area contributed by atoms with E-state index in [1.165, 1.54) is 18.5 Å². The highest BCUT2D eigenvalue weighted by molar-refractivity contribution is 7.10. The van der Waals surface area contributed by atoms with Gasteiger partial charge >= 0.3 is 0 Å². The van der Waals surface area contributed by atoms with Gasteiger partial charge in [-0.25, -0.2) is 4.98 Å². The molecule has 2 aliphatic rings. The van der Waals surface area contributed by atoms with Gasteiger partial charge in [0.25, 0.3) is 0 Å². The maximum absolute atomic E-state index is 4.54. The molecule has 3 aromatic rings. The molecule has 0 spiro atoms. The Bertz CT molecular complexity index is 862. The largest absolute Gasteiger partial charge is 0.350 e. The number of fused-ring (bicyclic) bond motifs is 2. The first kappa shape index (κ1) is 13.4. The number of anilines is 1. The third kappa shape index (κ3) is 2.07. The number of aryl methyl sites for hydroxylation is 1. The average Bonchev–Trinajstić information content (AvgIpc) is 3.13. The molecule has 0 bridgehead atoms. The summed E-state index contributed by atoms with van der Waals surface area (Å²) in [5.41, 5.74) is 2.38. The minimum Gasteiger partial charge on any atom is -0.350 e. The Morgan fingerprint density at radius 1 is 1.26 bits per heavy atom. The fourth-order valence-corrected chi connectivity index (χ4v) is 4.48. The van der Waals surface area contributed by atoms with Gasteiger partial charge in [-0.05, 0) is 30.4 Å². The Morgan fingerprint density at radius 2 is 2.17 bits per heavy atom. The number of aromatic nitrogens is 4. The normalized spacial score (nSPS) is 19.1. The van der Waals surface area contributed by atoms with Crippen LogP contribution in [-0.4, -0.2) is 50.2 Å². The van der Waals surface area contributed by atoms with Gasteiger partial charge in [0.15, 0.2) is 5.82 Å². The minimum absolute atomic E-state index is 0.620. The first-order valence-corrected chi connectivity index (χ1v) is 8.88. The van der Waals surface area contributed by atoms with Crippen LogP contribution in [0.2, 0.25) is 0 Å². The van der Waals surface area contributed by atoms with Crippen LogP contribution >= 0.6 is 11.3 Å². The van der Waals surface area contributed by atoms with Crippen molar-refractivity contribution in [3.63, 3.8) is 0 Å². The highest BCUT2D eigenvalue weighted by Crippen LogP contribution is 2.30. The van der Waals surface area contributed by atoms with Gasteiger partial charge in [-0.2, -0.15) is 0 Å². The van der Waals surface area contributed by atoms with Gasteiger partial charge in [0.2, 0.25) is 5.65 Å². The van der Waals surface area contributed by atoms with E-state index in [0.29, 0.717) is 6.04 Å². The van der Waals surface area contributed by atoms with Crippen LogP contribution in [0.25, 0.3) is 5.65 Å². The summed E-state index contributed by atoms with van der Waals surface area (Å²) in [5, 5.41) is 10.7. The van der Waals surface area contributed by atoms with E-state index < -0.39 is 0 Å². The Kier molecular flexibility index (Phi) is 2.93. The standard InChI is InChI=1S/C16H18N6S/c1-11-18-19-16-15(17-4-6-22(11)16)21-9-13(10-21)20-5-2-14-12(8-20)3-7-23-14/h3-4,6-7,13H,2,5,8-10H2,1H3. The van der Waals surface area contributed by atoms with Crippen molar-refractivity contribution in [1.82, 2.24) is 24.5 Å². The van der Waals surface area contributed by atoms with Crippen LogP contribution in [0.5, 0.6) is 0 Å².